The van der Waals surface area contributed by atoms with Crippen molar-refractivity contribution < 1.29 is 9.90 Å². The number of fused-ring (bicyclic) bond motifs is 1. The second-order valence-corrected chi connectivity index (χ2v) is 7.87. The summed E-state index contributed by atoms with van der Waals surface area (Å²) in [6, 6.07) is 1.21. The Morgan fingerprint density at radius 1 is 1.38 bits per heavy atom. The summed E-state index contributed by atoms with van der Waals surface area (Å²) in [5, 5.41) is 14.5. The van der Waals surface area contributed by atoms with E-state index in [1.807, 2.05) is 13.0 Å². The summed E-state index contributed by atoms with van der Waals surface area (Å²) in [5.74, 6) is 0.849. The lowest BCUT2D eigenvalue weighted by Crippen LogP contribution is -2.37. The quantitative estimate of drug-likeness (QED) is 0.442. The van der Waals surface area contributed by atoms with E-state index in [0.29, 0.717) is 31.0 Å². The molecule has 0 saturated carbocycles. The molecule has 9 nitrogen and oxygen atoms in total. The van der Waals surface area contributed by atoms with Gasteiger partial charge in [0.2, 0.25) is 5.91 Å². The summed E-state index contributed by atoms with van der Waals surface area (Å²) in [4.78, 5) is 34.3. The molecule has 3 heterocycles. The Morgan fingerprint density at radius 3 is 2.91 bits per heavy atom. The number of aliphatic hydroxyl groups is 1. The first kappa shape index (κ1) is 23.1. The average Bonchev–Trinajstić information content (AvgIpc) is 3.21. The van der Waals surface area contributed by atoms with E-state index < -0.39 is 6.04 Å². The zero-order chi connectivity index (χ0) is 23.1. The van der Waals surface area contributed by atoms with Crippen LogP contribution in [0.15, 0.2) is 41.3 Å². The minimum absolute atomic E-state index is 0.202. The van der Waals surface area contributed by atoms with Crippen LogP contribution < -0.4 is 21.9 Å². The Hall–Kier alpha value is -3.62. The number of nitrogens with zero attached hydrogens (tertiary/aromatic N) is 3. The predicted octanol–water partition coefficient (Wildman–Crippen LogP) is 2.85. The highest BCUT2D eigenvalue weighted by atomic mass is 16.2. The number of hydrogen-bond acceptors (Lipinski definition) is 7. The number of amides is 1. The number of nitrogens with one attached hydrogen (secondary N) is 2. The van der Waals surface area contributed by atoms with Gasteiger partial charge in [0.25, 0.3) is 5.56 Å². The molecule has 0 aromatic carbocycles. The van der Waals surface area contributed by atoms with Crippen LogP contribution in [0.25, 0.3) is 6.08 Å². The molecule has 1 amide bonds. The van der Waals surface area contributed by atoms with Gasteiger partial charge in [-0.05, 0) is 43.4 Å². The lowest BCUT2D eigenvalue weighted by molar-refractivity contribution is -0.124. The topological polar surface area (TPSA) is 135 Å². The third kappa shape index (κ3) is 5.35. The van der Waals surface area contributed by atoms with Crippen LogP contribution in [0.3, 0.4) is 0 Å². The Morgan fingerprint density at radius 2 is 2.19 bits per heavy atom. The fourth-order valence-corrected chi connectivity index (χ4v) is 3.77. The average molecular weight is 439 g/mol. The Kier molecular flexibility index (Phi) is 7.64. The molecule has 5 N–H and O–H groups in total. The predicted molar refractivity (Wildman–Crippen MR) is 125 cm³/mol. The van der Waals surface area contributed by atoms with Crippen LogP contribution in [0.4, 0.5) is 11.5 Å². The van der Waals surface area contributed by atoms with Crippen LogP contribution >= 0.6 is 0 Å². The summed E-state index contributed by atoms with van der Waals surface area (Å²) in [6.07, 6.45) is 11.2. The third-order valence-corrected chi connectivity index (χ3v) is 5.51. The molecule has 2 aromatic heterocycles. The highest BCUT2D eigenvalue weighted by Crippen LogP contribution is 2.23. The first-order valence-corrected chi connectivity index (χ1v) is 10.8. The molecule has 170 valence electrons. The summed E-state index contributed by atoms with van der Waals surface area (Å²) in [6.45, 7) is 4.49. The van der Waals surface area contributed by atoms with Crippen molar-refractivity contribution in [3.8, 4) is 0 Å². The van der Waals surface area contributed by atoms with E-state index in [9.17, 15) is 9.59 Å². The van der Waals surface area contributed by atoms with Crippen LogP contribution in [-0.2, 0) is 11.2 Å². The van der Waals surface area contributed by atoms with E-state index in [2.05, 4.69) is 33.6 Å². The molecule has 0 bridgehead atoms. The fourth-order valence-electron chi connectivity index (χ4n) is 3.77. The van der Waals surface area contributed by atoms with Gasteiger partial charge in [-0.25, -0.2) is 9.97 Å². The van der Waals surface area contributed by atoms with Crippen molar-refractivity contribution in [1.29, 1.82) is 0 Å². The molecule has 0 saturated heterocycles. The molecule has 32 heavy (non-hydrogen) atoms. The van der Waals surface area contributed by atoms with Gasteiger partial charge >= 0.3 is 0 Å². The summed E-state index contributed by atoms with van der Waals surface area (Å²) >= 11 is 0. The van der Waals surface area contributed by atoms with Gasteiger partial charge in [-0.3, -0.25) is 14.2 Å². The van der Waals surface area contributed by atoms with Gasteiger partial charge in [-0.2, -0.15) is 0 Å². The molecule has 0 fully saturated rings. The molecular formula is C23H30N6O3. The van der Waals surface area contributed by atoms with Crippen LogP contribution in [0.1, 0.15) is 55.6 Å². The van der Waals surface area contributed by atoms with Gasteiger partial charge in [0.15, 0.2) is 0 Å². The molecule has 3 rings (SSSR count). The van der Waals surface area contributed by atoms with E-state index in [1.54, 1.807) is 6.20 Å². The molecule has 9 heteroatoms. The highest BCUT2D eigenvalue weighted by Gasteiger charge is 2.30. The normalized spacial score (nSPS) is 15.7. The van der Waals surface area contributed by atoms with Crippen molar-refractivity contribution in [3.05, 3.63) is 63.8 Å². The first-order chi connectivity index (χ1) is 15.4. The second-order valence-electron chi connectivity index (χ2n) is 7.87. The molecule has 1 aliphatic heterocycles. The number of carbonyl (C=O) groups excluding carboxylic acids is 1. The van der Waals surface area contributed by atoms with Gasteiger partial charge in [0, 0.05) is 25.4 Å². The number of nitrogen functional groups attached to an aromatic ring is 1. The number of hydrogen-bond donors (Lipinski definition) is 4. The third-order valence-electron chi connectivity index (χ3n) is 5.51. The maximum absolute atomic E-state index is 13.0. The summed E-state index contributed by atoms with van der Waals surface area (Å²) in [5.41, 5.74) is 8.70. The van der Waals surface area contributed by atoms with Gasteiger partial charge in [-0.15, -0.1) is 0 Å². The van der Waals surface area contributed by atoms with Gasteiger partial charge in [0.05, 0.1) is 12.5 Å². The molecule has 0 aliphatic carbocycles. The zero-order valence-corrected chi connectivity index (χ0v) is 18.5. The number of aryl methyl sites for hydroxylation is 2. The van der Waals surface area contributed by atoms with Crippen molar-refractivity contribution in [2.45, 2.75) is 52.0 Å². The van der Waals surface area contributed by atoms with Crippen molar-refractivity contribution in [3.63, 3.8) is 0 Å². The Balaban J connectivity index is 1.76. The van der Waals surface area contributed by atoms with E-state index in [4.69, 9.17) is 10.8 Å². The fraction of sp³-hybridized carbons (Fsp3) is 0.391. The summed E-state index contributed by atoms with van der Waals surface area (Å²) < 4.78 is 1.44. The molecule has 2 aromatic rings. The second kappa shape index (κ2) is 10.6. The lowest BCUT2D eigenvalue weighted by Gasteiger charge is -2.16. The molecular weight excluding hydrogens is 408 g/mol. The molecule has 1 aliphatic rings. The lowest BCUT2D eigenvalue weighted by atomic mass is 10.0. The number of aliphatic hydroxyl groups excluding tert-OH is 1. The van der Waals surface area contributed by atoms with Crippen LogP contribution in [0, 0.1) is 6.92 Å². The van der Waals surface area contributed by atoms with Crippen molar-refractivity contribution in [1.82, 2.24) is 19.9 Å². The van der Waals surface area contributed by atoms with E-state index >= 15 is 0 Å². The van der Waals surface area contributed by atoms with Crippen molar-refractivity contribution >= 4 is 23.5 Å². The van der Waals surface area contributed by atoms with Gasteiger partial charge in [0.1, 0.15) is 23.4 Å². The number of carbonyl (C=O) groups is 1. The number of unbranched alkanes of at least 4 members (excludes halogenated alkanes) is 1. The first-order valence-electron chi connectivity index (χ1n) is 10.8. The minimum Gasteiger partial charge on any atom is -0.514 e. The minimum atomic E-state index is -0.614. The molecule has 0 spiro atoms. The number of nitrogens with two attached hydrogens (primary N) is 1. The standard InChI is InChI=1S/C23H30N6O3/c1-3-4-5-16(11-17-13-26-20(24)10-15(17)2)12-28-22(31)19-6-7-21-27-14-18(25-8-9-30)23(32)29(19)21/h8-11,13-14,19,25,30H,3-7,12H2,1-2H3,(H2,24,26)(H,28,31)/b9-8+,16-11+. The molecule has 1 unspecified atom stereocenters. The largest absolute Gasteiger partial charge is 0.514 e. The van der Waals surface area contributed by atoms with E-state index in [-0.39, 0.29) is 17.2 Å². The molecule has 1 atom stereocenters. The maximum atomic E-state index is 13.0. The summed E-state index contributed by atoms with van der Waals surface area (Å²) in [7, 11) is 0. The highest BCUT2D eigenvalue weighted by molar-refractivity contribution is 5.81. The SMILES string of the molecule is CCCC/C(=C\c1cnc(N)cc1C)CNC(=O)C1CCc2ncc(N/C=C/O)c(=O)n21. The van der Waals surface area contributed by atoms with Crippen molar-refractivity contribution in [2.24, 2.45) is 0 Å². The number of aromatic nitrogens is 3. The van der Waals surface area contributed by atoms with E-state index in [0.717, 1.165) is 42.2 Å². The van der Waals surface area contributed by atoms with Crippen LogP contribution in [0.2, 0.25) is 0 Å². The van der Waals surface area contributed by atoms with Gasteiger partial charge in [-0.1, -0.05) is 25.0 Å². The monoisotopic (exact) mass is 438 g/mol. The Labute approximate surface area is 187 Å². The van der Waals surface area contributed by atoms with Crippen LogP contribution in [0.5, 0.6) is 0 Å². The van der Waals surface area contributed by atoms with Crippen molar-refractivity contribution in [2.75, 3.05) is 17.6 Å². The van der Waals surface area contributed by atoms with Crippen LogP contribution in [-0.4, -0.2) is 32.1 Å². The Bertz CT molecular complexity index is 1090. The zero-order valence-electron chi connectivity index (χ0n) is 18.5. The molecule has 0 radical (unpaired) electrons. The number of rotatable bonds is 9. The van der Waals surface area contributed by atoms with E-state index in [1.165, 1.54) is 17.0 Å². The number of pyridine rings is 1. The van der Waals surface area contributed by atoms with Gasteiger partial charge < -0.3 is 21.5 Å². The smallest absolute Gasteiger partial charge is 0.277 e. The maximum Gasteiger partial charge on any atom is 0.277 e. The number of anilines is 2.